The van der Waals surface area contributed by atoms with Gasteiger partial charge in [-0.15, -0.1) is 0 Å². The van der Waals surface area contributed by atoms with Crippen LogP contribution in [0, 0.1) is 45.1 Å². The van der Waals surface area contributed by atoms with Gasteiger partial charge < -0.3 is 20.4 Å². The van der Waals surface area contributed by atoms with Crippen LogP contribution in [0.15, 0.2) is 103 Å². The molecule has 3 N–H and O–H groups in total. The lowest BCUT2D eigenvalue weighted by atomic mass is 9.32. The molecule has 3 saturated carbocycles. The number of hydrogen-bond acceptors (Lipinski definition) is 4. The van der Waals surface area contributed by atoms with Crippen molar-refractivity contribution in [2.75, 3.05) is 11.9 Å². The molecule has 0 aromatic heterocycles. The second-order valence-electron chi connectivity index (χ2n) is 16.4. The maximum atomic E-state index is 14.7. The fourth-order valence-electron chi connectivity index (χ4n) is 11.4. The van der Waals surface area contributed by atoms with Crippen LogP contribution < -0.4 is 5.32 Å². The van der Waals surface area contributed by atoms with E-state index >= 15 is 0 Å². The number of aliphatic hydroxyl groups is 2. The number of anilines is 1. The number of fused-ring (bicyclic) bond motifs is 1. The predicted molar refractivity (Wildman–Crippen MR) is 192 cm³/mol. The van der Waals surface area contributed by atoms with Gasteiger partial charge in [0, 0.05) is 39.6 Å². The molecule has 2 bridgehead atoms. The van der Waals surface area contributed by atoms with Crippen LogP contribution in [0.25, 0.3) is 0 Å². The Morgan fingerprint density at radius 2 is 1.51 bits per heavy atom. The van der Waals surface area contributed by atoms with Crippen molar-refractivity contribution in [2.45, 2.75) is 77.0 Å². The number of urea groups is 1. The summed E-state index contributed by atoms with van der Waals surface area (Å²) in [6, 6.07) is 22.1. The Morgan fingerprint density at radius 1 is 0.843 bits per heavy atom. The van der Waals surface area contributed by atoms with E-state index in [0.29, 0.717) is 49.9 Å². The van der Waals surface area contributed by atoms with Crippen LogP contribution in [-0.2, 0) is 6.54 Å². The topological polar surface area (TPSA) is 89.9 Å². The zero-order valence-corrected chi connectivity index (χ0v) is 29.2. The van der Waals surface area contributed by atoms with Gasteiger partial charge in [0.1, 0.15) is 0 Å². The SMILES string of the molecule is CC12CCC(O)CC13C=CC1(C(C(=O)c4ccc(F)c(F)c4)=C3)C2CCC2(C)C1CCC2(O)CN(Cc1ccccc1)C(=O)Nc1ccccc1. The number of nitrogens with one attached hydrogen (secondary N) is 1. The van der Waals surface area contributed by atoms with Crippen LogP contribution in [0.3, 0.4) is 0 Å². The molecule has 6 aliphatic rings. The van der Waals surface area contributed by atoms with E-state index in [1.165, 1.54) is 6.07 Å². The summed E-state index contributed by atoms with van der Waals surface area (Å²) in [4.78, 5) is 30.4. The number of allylic oxidation sites excluding steroid dienone is 4. The highest BCUT2D eigenvalue weighted by molar-refractivity contribution is 6.10. The first-order valence-corrected chi connectivity index (χ1v) is 18.3. The first-order valence-electron chi connectivity index (χ1n) is 18.3. The molecule has 6 aliphatic carbocycles. The van der Waals surface area contributed by atoms with Crippen LogP contribution >= 0.6 is 0 Å². The van der Waals surface area contributed by atoms with Gasteiger partial charge in [-0.2, -0.15) is 0 Å². The highest BCUT2D eigenvalue weighted by Gasteiger charge is 2.74. The summed E-state index contributed by atoms with van der Waals surface area (Å²) >= 11 is 0. The van der Waals surface area contributed by atoms with E-state index < -0.39 is 39.6 Å². The Bertz CT molecular complexity index is 1930. The number of halogens is 2. The first-order chi connectivity index (χ1) is 24.3. The van der Waals surface area contributed by atoms with Gasteiger partial charge in [0.15, 0.2) is 17.4 Å². The molecule has 0 saturated heterocycles. The molecule has 0 heterocycles. The quantitative estimate of drug-likeness (QED) is 0.171. The molecule has 8 heteroatoms. The van der Waals surface area contributed by atoms with Crippen LogP contribution in [0.2, 0.25) is 0 Å². The molecule has 2 spiro atoms. The number of nitrogens with zero attached hydrogens (tertiary/aromatic N) is 1. The van der Waals surface area contributed by atoms with Crippen molar-refractivity contribution in [1.29, 1.82) is 0 Å². The maximum absolute atomic E-state index is 14.7. The monoisotopic (exact) mass is 692 g/mol. The number of amides is 2. The summed E-state index contributed by atoms with van der Waals surface area (Å²) in [6.07, 6.45) is 10.4. The molecule has 9 rings (SSSR count). The third kappa shape index (κ3) is 5.00. The summed E-state index contributed by atoms with van der Waals surface area (Å²) in [5, 5.41) is 27.0. The van der Waals surface area contributed by atoms with E-state index in [9.17, 15) is 28.6 Å². The standard InChI is InChI=1S/C43H46F2N2O4/c1-39-18-15-31(48)24-41(39)21-22-43(32(25-41)37(49)29-13-14-33(44)34(45)23-29)35(39)16-19-40(2)36(43)17-20-42(40,51)27-47(26-28-9-5-3-6-10-28)38(50)46-30-11-7-4-8-12-30/h3-14,21-23,25,31,35-36,48,51H,15-20,24,26-27H2,1-2H3,(H,46,50). The lowest BCUT2D eigenvalue weighted by molar-refractivity contribution is -0.174. The zero-order valence-electron chi connectivity index (χ0n) is 29.2. The van der Waals surface area contributed by atoms with Gasteiger partial charge in [0.25, 0.3) is 0 Å². The number of aliphatic hydroxyl groups excluding tert-OH is 1. The highest BCUT2D eigenvalue weighted by Crippen LogP contribution is 2.78. The molecular formula is C43H46F2N2O4. The van der Waals surface area contributed by atoms with E-state index in [-0.39, 0.29) is 41.2 Å². The number of carbonyl (C=O) groups excluding carboxylic acids is 2. The van der Waals surface area contributed by atoms with Crippen molar-refractivity contribution in [1.82, 2.24) is 4.90 Å². The van der Waals surface area contributed by atoms with E-state index in [2.05, 4.69) is 37.4 Å². The minimum atomic E-state index is -1.28. The second-order valence-corrected chi connectivity index (χ2v) is 16.4. The summed E-state index contributed by atoms with van der Waals surface area (Å²) in [6.45, 7) is 4.83. The summed E-state index contributed by atoms with van der Waals surface area (Å²) < 4.78 is 28.7. The largest absolute Gasteiger partial charge is 0.393 e. The minimum absolute atomic E-state index is 0.0407. The Kier molecular flexibility index (Phi) is 7.96. The molecule has 3 aromatic rings. The summed E-state index contributed by atoms with van der Waals surface area (Å²) in [5.74, 6) is -2.54. The predicted octanol–water partition coefficient (Wildman–Crippen LogP) is 8.47. The van der Waals surface area contributed by atoms with E-state index in [0.717, 1.165) is 30.5 Å². The lowest BCUT2D eigenvalue weighted by Gasteiger charge is -2.71. The molecule has 266 valence electrons. The molecule has 0 radical (unpaired) electrons. The van der Waals surface area contributed by atoms with Gasteiger partial charge in [0.05, 0.1) is 18.2 Å². The average molecular weight is 693 g/mol. The number of para-hydroxylation sites is 1. The molecule has 0 aliphatic heterocycles. The van der Waals surface area contributed by atoms with Crippen LogP contribution in [0.1, 0.15) is 74.7 Å². The third-order valence-electron chi connectivity index (χ3n) is 14.1. The average Bonchev–Trinajstić information content (AvgIpc) is 3.39. The van der Waals surface area contributed by atoms with E-state index in [1.807, 2.05) is 60.7 Å². The number of Topliss-reactive ketones (excluding diaryl/α,β-unsaturated/α-hetero) is 1. The van der Waals surface area contributed by atoms with E-state index in [1.54, 1.807) is 4.90 Å². The maximum Gasteiger partial charge on any atom is 0.322 e. The molecule has 51 heavy (non-hydrogen) atoms. The number of carbonyl (C=O) groups is 2. The fraction of sp³-hybridized carbons (Fsp3) is 0.442. The van der Waals surface area contributed by atoms with E-state index in [4.69, 9.17) is 0 Å². The van der Waals surface area contributed by atoms with Gasteiger partial charge in [-0.25, -0.2) is 13.6 Å². The molecule has 3 fully saturated rings. The highest BCUT2D eigenvalue weighted by atomic mass is 19.2. The van der Waals surface area contributed by atoms with Crippen molar-refractivity contribution in [3.05, 3.63) is 125 Å². The lowest BCUT2D eigenvalue weighted by Crippen LogP contribution is -2.67. The number of benzene rings is 3. The molecule has 2 amide bonds. The molecule has 6 nitrogen and oxygen atoms in total. The number of rotatable bonds is 7. The smallest absolute Gasteiger partial charge is 0.322 e. The molecule has 3 aromatic carbocycles. The van der Waals surface area contributed by atoms with Crippen molar-refractivity contribution in [3.8, 4) is 0 Å². The normalized spacial score (nSPS) is 36.0. The fourth-order valence-corrected chi connectivity index (χ4v) is 11.4. The number of ketones is 1. The van der Waals surface area contributed by atoms with Gasteiger partial charge >= 0.3 is 6.03 Å². The molecular weight excluding hydrogens is 646 g/mol. The van der Waals surface area contributed by atoms with Gasteiger partial charge in [-0.1, -0.05) is 80.6 Å². The third-order valence-corrected chi connectivity index (χ3v) is 14.1. The Balaban J connectivity index is 1.20. The van der Waals surface area contributed by atoms with Crippen molar-refractivity contribution >= 4 is 17.5 Å². The van der Waals surface area contributed by atoms with Crippen LogP contribution in [-0.4, -0.2) is 45.2 Å². The van der Waals surface area contributed by atoms with Crippen molar-refractivity contribution < 1.29 is 28.6 Å². The van der Waals surface area contributed by atoms with Crippen molar-refractivity contribution in [3.63, 3.8) is 0 Å². The Labute approximate surface area is 298 Å². The van der Waals surface area contributed by atoms with Gasteiger partial charge in [0.2, 0.25) is 0 Å². The zero-order chi connectivity index (χ0) is 35.8. The summed E-state index contributed by atoms with van der Waals surface area (Å²) in [5.41, 5.74) is -1.26. The molecule has 8 unspecified atom stereocenters. The Morgan fingerprint density at radius 3 is 2.24 bits per heavy atom. The van der Waals surface area contributed by atoms with Crippen molar-refractivity contribution in [2.24, 2.45) is 33.5 Å². The summed E-state index contributed by atoms with van der Waals surface area (Å²) in [7, 11) is 0. The second kappa shape index (κ2) is 12.0. The minimum Gasteiger partial charge on any atom is -0.393 e. The van der Waals surface area contributed by atoms with Gasteiger partial charge in [-0.3, -0.25) is 4.79 Å². The molecule has 8 atom stereocenters. The van der Waals surface area contributed by atoms with Gasteiger partial charge in [-0.05, 0) is 98.1 Å². The number of hydrogen-bond donors (Lipinski definition) is 3. The Hall–Kier alpha value is -4.14. The van der Waals surface area contributed by atoms with Crippen LogP contribution in [0.4, 0.5) is 19.3 Å². The van der Waals surface area contributed by atoms with Crippen LogP contribution in [0.5, 0.6) is 0 Å². The first kappa shape index (κ1) is 34.0.